The van der Waals surface area contributed by atoms with Gasteiger partial charge >= 0.3 is 6.09 Å². The van der Waals surface area contributed by atoms with Crippen LogP contribution in [-0.4, -0.2) is 52.6 Å². The molecule has 1 atom stereocenters. The van der Waals surface area contributed by atoms with Gasteiger partial charge in [0.05, 0.1) is 25.9 Å². The van der Waals surface area contributed by atoms with E-state index in [4.69, 9.17) is 14.9 Å². The number of carbonyl (C=O) groups is 1. The van der Waals surface area contributed by atoms with Crippen LogP contribution in [-0.2, 0) is 4.74 Å². The Labute approximate surface area is 83.3 Å². The summed E-state index contributed by atoms with van der Waals surface area (Å²) in [7, 11) is 0. The van der Waals surface area contributed by atoms with E-state index in [0.29, 0.717) is 13.0 Å². The van der Waals surface area contributed by atoms with E-state index in [1.807, 2.05) is 13.8 Å². The highest BCUT2D eigenvalue weighted by Crippen LogP contribution is 2.30. The van der Waals surface area contributed by atoms with Gasteiger partial charge in [0.1, 0.15) is 0 Å². The van der Waals surface area contributed by atoms with Crippen molar-refractivity contribution in [3.63, 3.8) is 0 Å². The molecular formula is C9H17NO4. The lowest BCUT2D eigenvalue weighted by Gasteiger charge is -2.27. The predicted molar refractivity (Wildman–Crippen MR) is 50.3 cm³/mol. The Balaban J connectivity index is 2.53. The highest BCUT2D eigenvalue weighted by atomic mass is 16.5. The lowest BCUT2D eigenvalue weighted by molar-refractivity contribution is 0.0341. The molecular weight excluding hydrogens is 186 g/mol. The lowest BCUT2D eigenvalue weighted by Crippen LogP contribution is -2.41. The minimum Gasteiger partial charge on any atom is -0.465 e. The van der Waals surface area contributed by atoms with Crippen LogP contribution in [0.5, 0.6) is 0 Å². The van der Waals surface area contributed by atoms with E-state index in [1.165, 1.54) is 4.90 Å². The van der Waals surface area contributed by atoms with Gasteiger partial charge in [0.25, 0.3) is 0 Å². The number of amides is 1. The fourth-order valence-corrected chi connectivity index (χ4v) is 1.85. The van der Waals surface area contributed by atoms with Crippen LogP contribution < -0.4 is 0 Å². The van der Waals surface area contributed by atoms with Crippen molar-refractivity contribution in [3.05, 3.63) is 0 Å². The number of aliphatic hydroxyl groups excluding tert-OH is 1. The maximum absolute atomic E-state index is 10.9. The Morgan fingerprint density at radius 2 is 2.29 bits per heavy atom. The van der Waals surface area contributed by atoms with Crippen molar-refractivity contribution in [1.29, 1.82) is 0 Å². The second-order valence-corrected chi connectivity index (χ2v) is 4.13. The van der Waals surface area contributed by atoms with Crippen LogP contribution in [0.2, 0.25) is 0 Å². The van der Waals surface area contributed by atoms with Gasteiger partial charge in [-0.2, -0.15) is 0 Å². The van der Waals surface area contributed by atoms with Gasteiger partial charge in [-0.15, -0.1) is 0 Å². The quantitative estimate of drug-likeness (QED) is 0.701. The first-order chi connectivity index (χ1) is 6.47. The SMILES string of the molecule is CC1(C)C[C@H](OCCO)CN1C(=O)O. The molecule has 1 rings (SSSR count). The Kier molecular flexibility index (Phi) is 3.34. The molecule has 2 N–H and O–H groups in total. The molecule has 0 aromatic heterocycles. The third-order valence-corrected chi connectivity index (χ3v) is 2.52. The molecule has 0 aromatic rings. The Morgan fingerprint density at radius 3 is 2.71 bits per heavy atom. The highest BCUT2D eigenvalue weighted by Gasteiger charge is 2.41. The van der Waals surface area contributed by atoms with Crippen molar-refractivity contribution in [3.8, 4) is 0 Å². The summed E-state index contributed by atoms with van der Waals surface area (Å²) in [6.45, 7) is 4.40. The minimum atomic E-state index is -0.912. The molecule has 0 spiro atoms. The molecule has 0 radical (unpaired) electrons. The summed E-state index contributed by atoms with van der Waals surface area (Å²) in [6, 6.07) is 0. The first kappa shape index (κ1) is 11.3. The van der Waals surface area contributed by atoms with Crippen LogP contribution >= 0.6 is 0 Å². The normalized spacial score (nSPS) is 25.4. The molecule has 82 valence electrons. The largest absolute Gasteiger partial charge is 0.465 e. The van der Waals surface area contributed by atoms with Gasteiger partial charge < -0.3 is 19.8 Å². The number of hydrogen-bond donors (Lipinski definition) is 2. The van der Waals surface area contributed by atoms with Crippen LogP contribution in [0.15, 0.2) is 0 Å². The first-order valence-corrected chi connectivity index (χ1v) is 4.70. The van der Waals surface area contributed by atoms with Crippen molar-refractivity contribution >= 4 is 6.09 Å². The maximum atomic E-state index is 10.9. The van der Waals surface area contributed by atoms with Crippen molar-refractivity contribution in [2.75, 3.05) is 19.8 Å². The molecule has 1 aliphatic heterocycles. The molecule has 0 unspecified atom stereocenters. The van der Waals surface area contributed by atoms with Crippen molar-refractivity contribution in [2.45, 2.75) is 31.9 Å². The standard InChI is InChI=1S/C9H17NO4/c1-9(2)5-7(14-4-3-11)6-10(9)8(12)13/h7,11H,3-6H2,1-2H3,(H,12,13)/t7-/m0/s1. The van der Waals surface area contributed by atoms with Gasteiger partial charge in [-0.25, -0.2) is 4.79 Å². The fraction of sp³-hybridized carbons (Fsp3) is 0.889. The summed E-state index contributed by atoms with van der Waals surface area (Å²) in [6.07, 6.45) is -0.322. The maximum Gasteiger partial charge on any atom is 0.407 e. The third-order valence-electron chi connectivity index (χ3n) is 2.52. The molecule has 1 amide bonds. The molecule has 0 saturated carbocycles. The van der Waals surface area contributed by atoms with E-state index in [2.05, 4.69) is 0 Å². The van der Waals surface area contributed by atoms with Crippen molar-refractivity contribution < 1.29 is 19.7 Å². The molecule has 1 fully saturated rings. The zero-order valence-corrected chi connectivity index (χ0v) is 8.56. The Hall–Kier alpha value is -0.810. The van der Waals surface area contributed by atoms with E-state index in [-0.39, 0.29) is 24.9 Å². The molecule has 14 heavy (non-hydrogen) atoms. The van der Waals surface area contributed by atoms with Crippen LogP contribution in [0.3, 0.4) is 0 Å². The number of hydrogen-bond acceptors (Lipinski definition) is 3. The van der Waals surface area contributed by atoms with Crippen molar-refractivity contribution in [1.82, 2.24) is 4.90 Å². The molecule has 5 nitrogen and oxygen atoms in total. The average Bonchev–Trinajstić information content (AvgIpc) is 2.37. The monoisotopic (exact) mass is 203 g/mol. The molecule has 0 bridgehead atoms. The van der Waals surface area contributed by atoms with Gasteiger partial charge in [0.2, 0.25) is 0 Å². The first-order valence-electron chi connectivity index (χ1n) is 4.70. The molecule has 1 aliphatic rings. The van der Waals surface area contributed by atoms with E-state index >= 15 is 0 Å². The number of nitrogens with zero attached hydrogens (tertiary/aromatic N) is 1. The summed E-state index contributed by atoms with van der Waals surface area (Å²) >= 11 is 0. The lowest BCUT2D eigenvalue weighted by atomic mass is 10.0. The molecule has 0 aromatic carbocycles. The Morgan fingerprint density at radius 1 is 1.64 bits per heavy atom. The summed E-state index contributed by atoms with van der Waals surface area (Å²) in [5.41, 5.74) is -0.369. The summed E-state index contributed by atoms with van der Waals surface area (Å²) in [5, 5.41) is 17.5. The predicted octanol–water partition coefficient (Wildman–Crippen LogP) is 0.526. The average molecular weight is 203 g/mol. The third kappa shape index (κ3) is 2.36. The number of aliphatic hydroxyl groups is 1. The summed E-state index contributed by atoms with van der Waals surface area (Å²) < 4.78 is 5.31. The number of carboxylic acid groups (broad SMARTS) is 1. The number of ether oxygens (including phenoxy) is 1. The van der Waals surface area contributed by atoms with Crippen LogP contribution in [0.1, 0.15) is 20.3 Å². The fourth-order valence-electron chi connectivity index (χ4n) is 1.85. The van der Waals surface area contributed by atoms with Gasteiger partial charge in [-0.1, -0.05) is 0 Å². The minimum absolute atomic E-state index is 0.0238. The summed E-state index contributed by atoms with van der Waals surface area (Å²) in [4.78, 5) is 12.2. The zero-order valence-electron chi connectivity index (χ0n) is 8.56. The van der Waals surface area contributed by atoms with E-state index in [0.717, 1.165) is 0 Å². The van der Waals surface area contributed by atoms with Crippen LogP contribution in [0.4, 0.5) is 4.79 Å². The topological polar surface area (TPSA) is 70.0 Å². The van der Waals surface area contributed by atoms with E-state index < -0.39 is 6.09 Å². The van der Waals surface area contributed by atoms with Gasteiger partial charge in [-0.05, 0) is 20.3 Å². The highest BCUT2D eigenvalue weighted by molar-refractivity contribution is 5.66. The van der Waals surface area contributed by atoms with Gasteiger partial charge in [-0.3, -0.25) is 0 Å². The molecule has 1 heterocycles. The van der Waals surface area contributed by atoms with E-state index in [1.54, 1.807) is 0 Å². The second kappa shape index (κ2) is 4.14. The molecule has 5 heteroatoms. The van der Waals surface area contributed by atoms with Crippen LogP contribution in [0, 0.1) is 0 Å². The Bertz CT molecular complexity index is 217. The van der Waals surface area contributed by atoms with Crippen molar-refractivity contribution in [2.24, 2.45) is 0 Å². The molecule has 0 aliphatic carbocycles. The summed E-state index contributed by atoms with van der Waals surface area (Å²) in [5.74, 6) is 0. The number of rotatable bonds is 3. The smallest absolute Gasteiger partial charge is 0.407 e. The van der Waals surface area contributed by atoms with Crippen LogP contribution in [0.25, 0.3) is 0 Å². The molecule has 1 saturated heterocycles. The second-order valence-electron chi connectivity index (χ2n) is 4.13. The van der Waals surface area contributed by atoms with Gasteiger partial charge in [0, 0.05) is 5.54 Å². The van der Waals surface area contributed by atoms with E-state index in [9.17, 15) is 4.79 Å². The number of likely N-dealkylation sites (tertiary alicyclic amines) is 1. The van der Waals surface area contributed by atoms with Gasteiger partial charge in [0.15, 0.2) is 0 Å². The zero-order chi connectivity index (χ0) is 10.8.